The minimum Gasteiger partial charge on any atom is -0.384 e. The number of halogens is 1. The Hall–Kier alpha value is -1.13. The Balaban J connectivity index is 0.000000720. The maximum Gasteiger partial charge on any atom is 0.0374 e. The Kier molecular flexibility index (Phi) is 2.62. The molecule has 1 N–H and O–H groups in total. The summed E-state index contributed by atoms with van der Waals surface area (Å²) in [7, 11) is 0. The molecule has 2 heteroatoms. The first-order chi connectivity index (χ1) is 5.40. The summed E-state index contributed by atoms with van der Waals surface area (Å²) in [5, 5.41) is 3.28. The molecule has 0 saturated carbocycles. The minimum atomic E-state index is 0. The first kappa shape index (κ1) is 8.96. The van der Waals surface area contributed by atoms with Crippen LogP contribution in [-0.2, 0) is 6.42 Å². The molecule has 0 bridgehead atoms. The van der Waals surface area contributed by atoms with E-state index in [1.54, 1.807) is 0 Å². The fraction of sp³-hybridized carbons (Fsp3) is 0.200. The summed E-state index contributed by atoms with van der Waals surface area (Å²) in [6.07, 6.45) is 6.38. The SMILES string of the molecule is C#Cc1ccc2c(c1)CCN2.Cl. The highest BCUT2D eigenvalue weighted by Crippen LogP contribution is 2.22. The van der Waals surface area contributed by atoms with Crippen LogP contribution in [0.15, 0.2) is 18.2 Å². The van der Waals surface area contributed by atoms with Crippen LogP contribution in [0.2, 0.25) is 0 Å². The third-order valence-corrected chi connectivity index (χ3v) is 1.98. The molecule has 0 saturated heterocycles. The Morgan fingerprint density at radius 1 is 1.42 bits per heavy atom. The number of rotatable bonds is 0. The van der Waals surface area contributed by atoms with Crippen LogP contribution in [0.3, 0.4) is 0 Å². The maximum atomic E-state index is 5.27. The van der Waals surface area contributed by atoms with Crippen LogP contribution in [0.1, 0.15) is 11.1 Å². The molecule has 0 aliphatic carbocycles. The van der Waals surface area contributed by atoms with Crippen molar-refractivity contribution in [1.29, 1.82) is 0 Å². The Labute approximate surface area is 78.6 Å². The van der Waals surface area contributed by atoms with E-state index < -0.39 is 0 Å². The van der Waals surface area contributed by atoms with Crippen molar-refractivity contribution in [2.75, 3.05) is 11.9 Å². The van der Waals surface area contributed by atoms with Crippen molar-refractivity contribution in [3.05, 3.63) is 29.3 Å². The van der Waals surface area contributed by atoms with Gasteiger partial charge in [-0.15, -0.1) is 18.8 Å². The highest BCUT2D eigenvalue weighted by Gasteiger charge is 2.08. The fourth-order valence-corrected chi connectivity index (χ4v) is 1.39. The van der Waals surface area contributed by atoms with E-state index in [0.717, 1.165) is 18.5 Å². The lowest BCUT2D eigenvalue weighted by molar-refractivity contribution is 1.11. The largest absolute Gasteiger partial charge is 0.384 e. The lowest BCUT2D eigenvalue weighted by atomic mass is 10.1. The van der Waals surface area contributed by atoms with Crippen molar-refractivity contribution in [1.82, 2.24) is 0 Å². The second kappa shape index (κ2) is 3.51. The van der Waals surface area contributed by atoms with E-state index in [4.69, 9.17) is 6.42 Å². The van der Waals surface area contributed by atoms with Crippen LogP contribution >= 0.6 is 12.4 Å². The molecular formula is C10H10ClN. The number of hydrogen-bond donors (Lipinski definition) is 1. The second-order valence-electron chi connectivity index (χ2n) is 2.69. The van der Waals surface area contributed by atoms with Gasteiger partial charge in [-0.3, -0.25) is 0 Å². The molecule has 12 heavy (non-hydrogen) atoms. The van der Waals surface area contributed by atoms with Crippen molar-refractivity contribution >= 4 is 18.1 Å². The molecule has 1 aromatic rings. The van der Waals surface area contributed by atoms with Gasteiger partial charge < -0.3 is 5.32 Å². The van der Waals surface area contributed by atoms with Crippen LogP contribution in [-0.4, -0.2) is 6.54 Å². The summed E-state index contributed by atoms with van der Waals surface area (Å²) in [5.74, 6) is 2.63. The van der Waals surface area contributed by atoms with Crippen molar-refractivity contribution < 1.29 is 0 Å². The van der Waals surface area contributed by atoms with Crippen LogP contribution in [0.5, 0.6) is 0 Å². The topological polar surface area (TPSA) is 12.0 Å². The lowest BCUT2D eigenvalue weighted by Gasteiger charge is -1.98. The van der Waals surface area contributed by atoms with Gasteiger partial charge in [-0.25, -0.2) is 0 Å². The molecule has 0 atom stereocenters. The van der Waals surface area contributed by atoms with Gasteiger partial charge in [0.1, 0.15) is 0 Å². The predicted molar refractivity (Wildman–Crippen MR) is 53.8 cm³/mol. The first-order valence-corrected chi connectivity index (χ1v) is 3.73. The molecule has 0 radical (unpaired) electrons. The smallest absolute Gasteiger partial charge is 0.0374 e. The number of hydrogen-bond acceptors (Lipinski definition) is 1. The molecule has 1 heterocycles. The predicted octanol–water partition coefficient (Wildman–Crippen LogP) is 2.06. The highest BCUT2D eigenvalue weighted by atomic mass is 35.5. The number of benzene rings is 1. The van der Waals surface area contributed by atoms with Crippen LogP contribution in [0, 0.1) is 12.3 Å². The summed E-state index contributed by atoms with van der Waals surface area (Å²) in [5.41, 5.74) is 3.57. The summed E-state index contributed by atoms with van der Waals surface area (Å²) < 4.78 is 0. The quantitative estimate of drug-likeness (QED) is 0.602. The Bertz CT molecular complexity index is 325. The molecule has 1 nitrogen and oxygen atoms in total. The third-order valence-electron chi connectivity index (χ3n) is 1.98. The van der Waals surface area contributed by atoms with Crippen LogP contribution < -0.4 is 5.32 Å². The average molecular weight is 180 g/mol. The molecule has 1 aliphatic rings. The van der Waals surface area contributed by atoms with Crippen LogP contribution in [0.25, 0.3) is 0 Å². The zero-order valence-corrected chi connectivity index (χ0v) is 7.45. The molecule has 1 aliphatic heterocycles. The first-order valence-electron chi connectivity index (χ1n) is 3.73. The third kappa shape index (κ3) is 1.39. The van der Waals surface area contributed by atoms with Crippen molar-refractivity contribution in [3.8, 4) is 12.3 Å². The lowest BCUT2D eigenvalue weighted by Crippen LogP contribution is -1.90. The van der Waals surface area contributed by atoms with Gasteiger partial charge in [-0.2, -0.15) is 0 Å². The molecule has 0 spiro atoms. The summed E-state index contributed by atoms with van der Waals surface area (Å²) in [6.45, 7) is 1.04. The number of fused-ring (bicyclic) bond motifs is 1. The van der Waals surface area contributed by atoms with E-state index in [2.05, 4.69) is 23.4 Å². The highest BCUT2D eigenvalue weighted by molar-refractivity contribution is 5.85. The van der Waals surface area contributed by atoms with E-state index in [-0.39, 0.29) is 12.4 Å². The minimum absolute atomic E-state index is 0. The van der Waals surface area contributed by atoms with Crippen LogP contribution in [0.4, 0.5) is 5.69 Å². The summed E-state index contributed by atoms with van der Waals surface area (Å²) in [4.78, 5) is 0. The summed E-state index contributed by atoms with van der Waals surface area (Å²) >= 11 is 0. The molecule has 62 valence electrons. The van der Waals surface area contributed by atoms with Crippen molar-refractivity contribution in [3.63, 3.8) is 0 Å². The fourth-order valence-electron chi connectivity index (χ4n) is 1.39. The number of terminal acetylenes is 1. The van der Waals surface area contributed by atoms with E-state index in [1.807, 2.05) is 6.07 Å². The van der Waals surface area contributed by atoms with Gasteiger partial charge in [0.2, 0.25) is 0 Å². The normalized spacial score (nSPS) is 12.2. The Morgan fingerprint density at radius 2 is 2.25 bits per heavy atom. The summed E-state index contributed by atoms with van der Waals surface area (Å²) in [6, 6.07) is 6.10. The van der Waals surface area contributed by atoms with E-state index in [0.29, 0.717) is 0 Å². The van der Waals surface area contributed by atoms with Gasteiger partial charge in [-0.1, -0.05) is 5.92 Å². The van der Waals surface area contributed by atoms with Gasteiger partial charge in [-0.05, 0) is 30.2 Å². The van der Waals surface area contributed by atoms with Gasteiger partial charge in [0.05, 0.1) is 0 Å². The van der Waals surface area contributed by atoms with Gasteiger partial charge in [0.15, 0.2) is 0 Å². The molecule has 2 rings (SSSR count). The van der Waals surface area contributed by atoms with Crippen molar-refractivity contribution in [2.24, 2.45) is 0 Å². The van der Waals surface area contributed by atoms with Gasteiger partial charge in [0.25, 0.3) is 0 Å². The maximum absolute atomic E-state index is 5.27. The Morgan fingerprint density at radius 3 is 3.00 bits per heavy atom. The molecule has 1 aromatic carbocycles. The van der Waals surface area contributed by atoms with E-state index >= 15 is 0 Å². The zero-order valence-electron chi connectivity index (χ0n) is 6.63. The van der Waals surface area contributed by atoms with Gasteiger partial charge in [0, 0.05) is 17.8 Å². The molecule has 0 aromatic heterocycles. The average Bonchev–Trinajstić information content (AvgIpc) is 2.50. The standard InChI is InChI=1S/C10H9N.ClH/c1-2-8-3-4-10-9(7-8)5-6-11-10;/h1,3-4,7,11H,5-6H2;1H. The van der Waals surface area contributed by atoms with E-state index in [9.17, 15) is 0 Å². The van der Waals surface area contributed by atoms with Crippen molar-refractivity contribution in [2.45, 2.75) is 6.42 Å². The second-order valence-corrected chi connectivity index (χ2v) is 2.69. The molecular weight excluding hydrogens is 170 g/mol. The van der Waals surface area contributed by atoms with Gasteiger partial charge >= 0.3 is 0 Å². The number of anilines is 1. The van der Waals surface area contributed by atoms with E-state index in [1.165, 1.54) is 11.3 Å². The molecule has 0 amide bonds. The molecule has 0 unspecified atom stereocenters. The monoisotopic (exact) mass is 179 g/mol. The number of nitrogens with one attached hydrogen (secondary N) is 1. The molecule has 0 fully saturated rings. The zero-order chi connectivity index (χ0) is 7.68.